The monoisotopic (exact) mass is 347 g/mol. The number of benzene rings is 1. The van der Waals surface area contributed by atoms with Crippen LogP contribution in [0.4, 0.5) is 10.5 Å². The Hall–Kier alpha value is -1.75. The predicted octanol–water partition coefficient (Wildman–Crippen LogP) is 3.98. The molecule has 1 aromatic carbocycles. The van der Waals surface area contributed by atoms with Gasteiger partial charge < -0.3 is 14.8 Å². The molecule has 4 nitrogen and oxygen atoms in total. The zero-order chi connectivity index (χ0) is 14.8. The summed E-state index contributed by atoms with van der Waals surface area (Å²) in [7, 11) is 2.01. The van der Waals surface area contributed by atoms with Crippen LogP contribution >= 0.6 is 15.9 Å². The molecule has 0 aliphatic heterocycles. The molecule has 1 aliphatic rings. The van der Waals surface area contributed by atoms with Gasteiger partial charge in [-0.15, -0.1) is 0 Å². The summed E-state index contributed by atoms with van der Waals surface area (Å²) >= 11 is 3.40. The van der Waals surface area contributed by atoms with E-state index in [2.05, 4.69) is 31.9 Å². The van der Waals surface area contributed by atoms with E-state index in [1.165, 1.54) is 0 Å². The van der Waals surface area contributed by atoms with E-state index in [4.69, 9.17) is 0 Å². The SMILES string of the molecule is Cn1cccc1CN(C(=O)Nc1ccc(Br)cc1)C1CC1. The molecule has 0 atom stereocenters. The fourth-order valence-electron chi connectivity index (χ4n) is 2.32. The molecule has 1 heterocycles. The van der Waals surface area contributed by atoms with E-state index < -0.39 is 0 Å². The van der Waals surface area contributed by atoms with Crippen molar-refractivity contribution >= 4 is 27.6 Å². The van der Waals surface area contributed by atoms with Gasteiger partial charge in [0.25, 0.3) is 0 Å². The van der Waals surface area contributed by atoms with Crippen molar-refractivity contribution in [2.75, 3.05) is 5.32 Å². The van der Waals surface area contributed by atoms with E-state index in [-0.39, 0.29) is 6.03 Å². The Balaban J connectivity index is 1.70. The van der Waals surface area contributed by atoms with Gasteiger partial charge >= 0.3 is 6.03 Å². The third kappa shape index (κ3) is 3.47. The van der Waals surface area contributed by atoms with Crippen LogP contribution in [0.5, 0.6) is 0 Å². The predicted molar refractivity (Wildman–Crippen MR) is 87.1 cm³/mol. The molecule has 1 fully saturated rings. The average molecular weight is 348 g/mol. The van der Waals surface area contributed by atoms with Gasteiger partial charge in [0, 0.05) is 35.1 Å². The quantitative estimate of drug-likeness (QED) is 0.892. The van der Waals surface area contributed by atoms with Crippen LogP contribution in [0.1, 0.15) is 18.5 Å². The van der Waals surface area contributed by atoms with Crippen molar-refractivity contribution in [1.29, 1.82) is 0 Å². The number of carbonyl (C=O) groups excluding carboxylic acids is 1. The molecule has 0 radical (unpaired) electrons. The maximum absolute atomic E-state index is 12.5. The van der Waals surface area contributed by atoms with E-state index in [0.717, 1.165) is 28.7 Å². The lowest BCUT2D eigenvalue weighted by atomic mass is 10.3. The minimum atomic E-state index is -0.0268. The Morgan fingerprint density at radius 3 is 2.62 bits per heavy atom. The lowest BCUT2D eigenvalue weighted by molar-refractivity contribution is 0.205. The number of carbonyl (C=O) groups is 1. The second kappa shape index (κ2) is 5.93. The molecule has 5 heteroatoms. The summed E-state index contributed by atoms with van der Waals surface area (Å²) in [4.78, 5) is 14.4. The molecule has 0 bridgehead atoms. The van der Waals surface area contributed by atoms with Gasteiger partial charge in [0.2, 0.25) is 0 Å². The summed E-state index contributed by atoms with van der Waals surface area (Å²) in [6, 6.07) is 12.1. The van der Waals surface area contributed by atoms with Gasteiger partial charge in [-0.05, 0) is 49.2 Å². The van der Waals surface area contributed by atoms with E-state index in [1.807, 2.05) is 48.5 Å². The Labute approximate surface area is 132 Å². The first-order valence-corrected chi connectivity index (χ1v) is 7.86. The number of nitrogens with zero attached hydrogens (tertiary/aromatic N) is 2. The molecular weight excluding hydrogens is 330 g/mol. The highest BCUT2D eigenvalue weighted by Crippen LogP contribution is 2.29. The molecule has 1 N–H and O–H groups in total. The van der Waals surface area contributed by atoms with E-state index in [1.54, 1.807) is 0 Å². The van der Waals surface area contributed by atoms with Gasteiger partial charge in [0.15, 0.2) is 0 Å². The van der Waals surface area contributed by atoms with Crippen molar-refractivity contribution in [3.63, 3.8) is 0 Å². The Kier molecular flexibility index (Phi) is 4.01. The van der Waals surface area contributed by atoms with Gasteiger partial charge in [-0.1, -0.05) is 15.9 Å². The van der Waals surface area contributed by atoms with Crippen LogP contribution in [-0.4, -0.2) is 21.5 Å². The fraction of sp³-hybridized carbons (Fsp3) is 0.312. The number of aromatic nitrogens is 1. The average Bonchev–Trinajstić information content (AvgIpc) is 3.22. The Morgan fingerprint density at radius 2 is 2.05 bits per heavy atom. The number of halogens is 1. The van der Waals surface area contributed by atoms with Gasteiger partial charge in [-0.3, -0.25) is 0 Å². The van der Waals surface area contributed by atoms with Gasteiger partial charge in [-0.25, -0.2) is 4.79 Å². The maximum Gasteiger partial charge on any atom is 0.322 e. The number of hydrogen-bond acceptors (Lipinski definition) is 1. The molecule has 0 spiro atoms. The van der Waals surface area contributed by atoms with Gasteiger partial charge in [0.05, 0.1) is 6.54 Å². The first kappa shape index (κ1) is 14.2. The summed E-state index contributed by atoms with van der Waals surface area (Å²) in [5, 5.41) is 2.98. The highest BCUT2D eigenvalue weighted by atomic mass is 79.9. The molecule has 2 aromatic rings. The first-order chi connectivity index (χ1) is 10.1. The van der Waals surface area contributed by atoms with E-state index in [9.17, 15) is 4.79 Å². The van der Waals surface area contributed by atoms with E-state index >= 15 is 0 Å². The Bertz CT molecular complexity index is 631. The topological polar surface area (TPSA) is 37.3 Å². The third-order valence-electron chi connectivity index (χ3n) is 3.73. The molecule has 0 saturated heterocycles. The van der Waals surface area contributed by atoms with Crippen LogP contribution in [0, 0.1) is 0 Å². The highest BCUT2D eigenvalue weighted by Gasteiger charge is 2.33. The summed E-state index contributed by atoms with van der Waals surface area (Å²) in [5.41, 5.74) is 1.97. The maximum atomic E-state index is 12.5. The van der Waals surface area contributed by atoms with Crippen LogP contribution in [0.25, 0.3) is 0 Å². The lowest BCUT2D eigenvalue weighted by Gasteiger charge is -2.23. The van der Waals surface area contributed by atoms with Crippen molar-refractivity contribution in [1.82, 2.24) is 9.47 Å². The molecule has 3 rings (SSSR count). The van der Waals surface area contributed by atoms with Gasteiger partial charge in [-0.2, -0.15) is 0 Å². The summed E-state index contributed by atoms with van der Waals surface area (Å²) in [6.07, 6.45) is 4.20. The van der Waals surface area contributed by atoms with Crippen LogP contribution < -0.4 is 5.32 Å². The third-order valence-corrected chi connectivity index (χ3v) is 4.26. The van der Waals surface area contributed by atoms with Crippen LogP contribution in [0.15, 0.2) is 47.1 Å². The molecule has 21 heavy (non-hydrogen) atoms. The number of anilines is 1. The minimum Gasteiger partial charge on any atom is -0.353 e. The molecule has 1 aromatic heterocycles. The first-order valence-electron chi connectivity index (χ1n) is 7.07. The standard InChI is InChI=1S/C16H18BrN3O/c1-19-10-2-3-15(19)11-20(14-8-9-14)16(21)18-13-6-4-12(17)5-7-13/h2-7,10,14H,8-9,11H2,1H3,(H,18,21). The molecule has 2 amide bonds. The summed E-state index contributed by atoms with van der Waals surface area (Å²) in [5.74, 6) is 0. The van der Waals surface area contributed by atoms with Crippen molar-refractivity contribution in [3.8, 4) is 0 Å². The number of urea groups is 1. The number of amides is 2. The van der Waals surface area contributed by atoms with E-state index in [0.29, 0.717) is 12.6 Å². The second-order valence-corrected chi connectivity index (χ2v) is 6.32. The minimum absolute atomic E-state index is 0.0268. The Morgan fingerprint density at radius 1 is 1.33 bits per heavy atom. The fourth-order valence-corrected chi connectivity index (χ4v) is 2.58. The van der Waals surface area contributed by atoms with Crippen molar-refractivity contribution in [2.45, 2.75) is 25.4 Å². The second-order valence-electron chi connectivity index (χ2n) is 5.41. The number of rotatable bonds is 4. The molecular formula is C16H18BrN3O. The normalized spacial score (nSPS) is 14.0. The zero-order valence-corrected chi connectivity index (χ0v) is 13.5. The molecule has 0 unspecified atom stereocenters. The van der Waals surface area contributed by atoms with Crippen molar-refractivity contribution in [2.24, 2.45) is 7.05 Å². The summed E-state index contributed by atoms with van der Waals surface area (Å²) in [6.45, 7) is 0.649. The largest absolute Gasteiger partial charge is 0.353 e. The van der Waals surface area contributed by atoms with Gasteiger partial charge in [0.1, 0.15) is 0 Å². The van der Waals surface area contributed by atoms with Crippen LogP contribution in [0.3, 0.4) is 0 Å². The summed E-state index contributed by atoms with van der Waals surface area (Å²) < 4.78 is 3.06. The number of nitrogens with one attached hydrogen (secondary N) is 1. The molecule has 110 valence electrons. The van der Waals surface area contributed by atoms with Crippen LogP contribution in [0.2, 0.25) is 0 Å². The molecule has 1 saturated carbocycles. The van der Waals surface area contributed by atoms with Crippen molar-refractivity contribution in [3.05, 3.63) is 52.8 Å². The van der Waals surface area contributed by atoms with Crippen molar-refractivity contribution < 1.29 is 4.79 Å². The number of aryl methyl sites for hydroxylation is 1. The number of hydrogen-bond donors (Lipinski definition) is 1. The lowest BCUT2D eigenvalue weighted by Crippen LogP contribution is -2.36. The molecule has 1 aliphatic carbocycles. The zero-order valence-electron chi connectivity index (χ0n) is 11.9. The highest BCUT2D eigenvalue weighted by molar-refractivity contribution is 9.10. The van der Waals surface area contributed by atoms with Crippen LogP contribution in [-0.2, 0) is 13.6 Å². The smallest absolute Gasteiger partial charge is 0.322 e.